The summed E-state index contributed by atoms with van der Waals surface area (Å²) < 4.78 is 1.95. The molecule has 12 heavy (non-hydrogen) atoms. The Bertz CT molecular complexity index is 430. The molecule has 2 aromatic rings. The highest BCUT2D eigenvalue weighted by Gasteiger charge is 2.05. The van der Waals surface area contributed by atoms with E-state index in [9.17, 15) is 0 Å². The van der Waals surface area contributed by atoms with E-state index in [2.05, 4.69) is 15.2 Å². The van der Waals surface area contributed by atoms with Gasteiger partial charge < -0.3 is 0 Å². The lowest BCUT2D eigenvalue weighted by Gasteiger charge is -2.00. The monoisotopic (exact) mass is 162 g/mol. The Morgan fingerprint density at radius 2 is 1.83 bits per heavy atom. The number of nitrogens with zero attached hydrogens (tertiary/aromatic N) is 4. The Morgan fingerprint density at radius 1 is 1.08 bits per heavy atom. The largest absolute Gasteiger partial charge is 0.267 e. The smallest absolute Gasteiger partial charge is 0.166 e. The minimum atomic E-state index is 0.888. The summed E-state index contributed by atoms with van der Waals surface area (Å²) in [5.41, 5.74) is 1.96. The fourth-order valence-corrected chi connectivity index (χ4v) is 1.31. The third-order valence-electron chi connectivity index (χ3n) is 1.95. The zero-order chi connectivity index (χ0) is 8.72. The quantitative estimate of drug-likeness (QED) is 0.581. The van der Waals surface area contributed by atoms with Gasteiger partial charge in [0.1, 0.15) is 11.6 Å². The Kier molecular flexibility index (Phi) is 1.36. The van der Waals surface area contributed by atoms with Crippen molar-refractivity contribution in [1.29, 1.82) is 0 Å². The van der Waals surface area contributed by atoms with Gasteiger partial charge in [-0.3, -0.25) is 4.40 Å². The molecule has 0 spiro atoms. The second kappa shape index (κ2) is 2.27. The molecule has 0 amide bonds. The van der Waals surface area contributed by atoms with Crippen molar-refractivity contribution in [3.63, 3.8) is 0 Å². The second-order valence-corrected chi connectivity index (χ2v) is 2.89. The molecule has 0 N–H and O–H groups in total. The predicted octanol–water partition coefficient (Wildman–Crippen LogP) is 1.05. The molecule has 4 nitrogen and oxygen atoms in total. The minimum absolute atomic E-state index is 0.888. The molecule has 0 aromatic carbocycles. The number of aromatic nitrogens is 4. The molecule has 0 aliphatic carbocycles. The standard InChI is InChI=1S/C8H10N4/c1-5-4-9-6(2)12-7(3)10-11-8(5)12/h4H,1-3H3. The maximum absolute atomic E-state index is 4.22. The van der Waals surface area contributed by atoms with Crippen LogP contribution in [0.25, 0.3) is 5.65 Å². The SMILES string of the molecule is Cc1cnc(C)n2c(C)nnc12. The number of fused-ring (bicyclic) bond motifs is 1. The van der Waals surface area contributed by atoms with E-state index < -0.39 is 0 Å². The summed E-state index contributed by atoms with van der Waals surface area (Å²) in [5, 5.41) is 8.04. The first-order valence-electron chi connectivity index (χ1n) is 3.84. The highest BCUT2D eigenvalue weighted by Crippen LogP contribution is 2.08. The first kappa shape index (κ1) is 7.21. The van der Waals surface area contributed by atoms with Crippen molar-refractivity contribution in [1.82, 2.24) is 19.6 Å². The molecule has 0 bridgehead atoms. The molecule has 0 unspecified atom stereocenters. The first-order chi connectivity index (χ1) is 5.70. The van der Waals surface area contributed by atoms with Crippen LogP contribution in [0.2, 0.25) is 0 Å². The van der Waals surface area contributed by atoms with E-state index >= 15 is 0 Å². The van der Waals surface area contributed by atoms with Crippen molar-refractivity contribution in [3.05, 3.63) is 23.4 Å². The molecule has 62 valence electrons. The fraction of sp³-hybridized carbons (Fsp3) is 0.375. The summed E-state index contributed by atoms with van der Waals surface area (Å²) in [4.78, 5) is 4.22. The molecule has 2 heterocycles. The van der Waals surface area contributed by atoms with Gasteiger partial charge in [-0.25, -0.2) is 4.98 Å². The molecule has 0 saturated carbocycles. The average molecular weight is 162 g/mol. The molecule has 0 atom stereocenters. The summed E-state index contributed by atoms with van der Waals surface area (Å²) in [6.07, 6.45) is 1.82. The van der Waals surface area contributed by atoms with Crippen LogP contribution in [-0.4, -0.2) is 19.6 Å². The number of rotatable bonds is 0. The van der Waals surface area contributed by atoms with Crippen LogP contribution >= 0.6 is 0 Å². The molecular formula is C8H10N4. The molecule has 0 aliphatic heterocycles. The lowest BCUT2D eigenvalue weighted by Crippen LogP contribution is -1.98. The summed E-state index contributed by atoms with van der Waals surface area (Å²) >= 11 is 0. The average Bonchev–Trinajstić information content (AvgIpc) is 2.42. The van der Waals surface area contributed by atoms with Gasteiger partial charge in [0.05, 0.1) is 0 Å². The van der Waals surface area contributed by atoms with Gasteiger partial charge in [-0.15, -0.1) is 10.2 Å². The van der Waals surface area contributed by atoms with Crippen LogP contribution in [0.3, 0.4) is 0 Å². The Labute approximate surface area is 70.3 Å². The van der Waals surface area contributed by atoms with Gasteiger partial charge in [-0.05, 0) is 20.8 Å². The first-order valence-corrected chi connectivity index (χ1v) is 3.84. The van der Waals surface area contributed by atoms with Crippen molar-refractivity contribution in [2.24, 2.45) is 0 Å². The van der Waals surface area contributed by atoms with Crippen molar-refractivity contribution >= 4 is 5.65 Å². The van der Waals surface area contributed by atoms with Crippen LogP contribution in [0.15, 0.2) is 6.20 Å². The van der Waals surface area contributed by atoms with E-state index in [0.29, 0.717) is 0 Å². The highest BCUT2D eigenvalue weighted by molar-refractivity contribution is 5.45. The normalized spacial score (nSPS) is 10.9. The third-order valence-corrected chi connectivity index (χ3v) is 1.95. The van der Waals surface area contributed by atoms with Crippen LogP contribution < -0.4 is 0 Å². The van der Waals surface area contributed by atoms with Crippen molar-refractivity contribution in [2.45, 2.75) is 20.8 Å². The molecule has 0 saturated heterocycles. The third kappa shape index (κ3) is 0.809. The van der Waals surface area contributed by atoms with Crippen molar-refractivity contribution in [3.8, 4) is 0 Å². The van der Waals surface area contributed by atoms with E-state index in [4.69, 9.17) is 0 Å². The van der Waals surface area contributed by atoms with Gasteiger partial charge in [0, 0.05) is 11.8 Å². The van der Waals surface area contributed by atoms with Crippen molar-refractivity contribution < 1.29 is 0 Å². The topological polar surface area (TPSA) is 43.1 Å². The number of aryl methyl sites for hydroxylation is 3. The van der Waals surface area contributed by atoms with Gasteiger partial charge in [0.15, 0.2) is 5.65 Å². The van der Waals surface area contributed by atoms with Crippen molar-refractivity contribution in [2.75, 3.05) is 0 Å². The fourth-order valence-electron chi connectivity index (χ4n) is 1.31. The Hall–Kier alpha value is -1.45. The maximum atomic E-state index is 4.22. The molecule has 4 heteroatoms. The van der Waals surface area contributed by atoms with Crippen LogP contribution in [0.1, 0.15) is 17.2 Å². The molecule has 2 rings (SSSR count). The van der Waals surface area contributed by atoms with E-state index in [1.54, 1.807) is 0 Å². The highest BCUT2D eigenvalue weighted by atomic mass is 15.3. The lowest BCUT2D eigenvalue weighted by atomic mass is 10.3. The van der Waals surface area contributed by atoms with Gasteiger partial charge in [-0.2, -0.15) is 0 Å². The van der Waals surface area contributed by atoms with E-state index in [-0.39, 0.29) is 0 Å². The summed E-state index contributed by atoms with van der Waals surface area (Å²) in [6.45, 7) is 5.85. The zero-order valence-corrected chi connectivity index (χ0v) is 7.37. The number of hydrogen-bond acceptors (Lipinski definition) is 3. The molecule has 0 fully saturated rings. The van der Waals surface area contributed by atoms with Gasteiger partial charge in [0.2, 0.25) is 0 Å². The Balaban J connectivity index is 2.98. The van der Waals surface area contributed by atoms with E-state index in [0.717, 1.165) is 22.9 Å². The van der Waals surface area contributed by atoms with Crippen LogP contribution in [0.4, 0.5) is 0 Å². The van der Waals surface area contributed by atoms with E-state index in [1.165, 1.54) is 0 Å². The molecule has 0 radical (unpaired) electrons. The van der Waals surface area contributed by atoms with Crippen LogP contribution in [0, 0.1) is 20.8 Å². The summed E-state index contributed by atoms with van der Waals surface area (Å²) in [5.74, 6) is 1.82. The summed E-state index contributed by atoms with van der Waals surface area (Å²) in [6, 6.07) is 0. The molecular weight excluding hydrogens is 152 g/mol. The maximum Gasteiger partial charge on any atom is 0.166 e. The Morgan fingerprint density at radius 3 is 2.50 bits per heavy atom. The molecule has 0 aliphatic rings. The zero-order valence-electron chi connectivity index (χ0n) is 7.37. The van der Waals surface area contributed by atoms with Gasteiger partial charge in [-0.1, -0.05) is 0 Å². The van der Waals surface area contributed by atoms with Gasteiger partial charge in [0.25, 0.3) is 0 Å². The molecule has 2 aromatic heterocycles. The van der Waals surface area contributed by atoms with Crippen LogP contribution in [-0.2, 0) is 0 Å². The minimum Gasteiger partial charge on any atom is -0.267 e. The van der Waals surface area contributed by atoms with Crippen LogP contribution in [0.5, 0.6) is 0 Å². The number of hydrogen-bond donors (Lipinski definition) is 0. The second-order valence-electron chi connectivity index (χ2n) is 2.89. The summed E-state index contributed by atoms with van der Waals surface area (Å²) in [7, 11) is 0. The van der Waals surface area contributed by atoms with Gasteiger partial charge >= 0.3 is 0 Å². The van der Waals surface area contributed by atoms with E-state index in [1.807, 2.05) is 31.4 Å². The predicted molar refractivity (Wildman–Crippen MR) is 45.0 cm³/mol. The lowest BCUT2D eigenvalue weighted by molar-refractivity contribution is 0.923.